The molecule has 3 aromatic rings. The summed E-state index contributed by atoms with van der Waals surface area (Å²) in [5.74, 6) is 0.871. The van der Waals surface area contributed by atoms with Crippen molar-refractivity contribution in [3.8, 4) is 11.5 Å². The first-order valence-electron chi connectivity index (χ1n) is 8.79. The van der Waals surface area contributed by atoms with Crippen LogP contribution in [0.4, 0.5) is 5.69 Å². The molecule has 0 fully saturated rings. The first-order chi connectivity index (χ1) is 13.0. The van der Waals surface area contributed by atoms with Crippen LogP contribution in [-0.2, 0) is 6.54 Å². The number of nitrogens with zero attached hydrogens (tertiary/aromatic N) is 2. The van der Waals surface area contributed by atoms with Gasteiger partial charge in [0.05, 0.1) is 19.8 Å². The number of aromatic nitrogens is 1. The number of likely N-dealkylation sites (N-methyl/N-ethyl adjacent to an activating group) is 1. The summed E-state index contributed by atoms with van der Waals surface area (Å²) >= 11 is 0. The van der Waals surface area contributed by atoms with E-state index in [2.05, 4.69) is 41.1 Å². The maximum absolute atomic E-state index is 12.7. The van der Waals surface area contributed by atoms with E-state index < -0.39 is 0 Å². The number of benzene rings is 2. The Morgan fingerprint density at radius 2 is 1.89 bits per heavy atom. The van der Waals surface area contributed by atoms with Crippen LogP contribution in [0.15, 0.2) is 48.7 Å². The van der Waals surface area contributed by atoms with Crippen LogP contribution in [0, 0.1) is 0 Å². The van der Waals surface area contributed by atoms with E-state index in [1.165, 1.54) is 0 Å². The monoisotopic (exact) mass is 367 g/mol. The highest BCUT2D eigenvalue weighted by Gasteiger charge is 2.14. The van der Waals surface area contributed by atoms with Crippen LogP contribution >= 0.6 is 0 Å². The van der Waals surface area contributed by atoms with E-state index in [1.54, 1.807) is 32.4 Å². The molecule has 0 radical (unpaired) electrons. The Bertz CT molecular complexity index is 947. The highest BCUT2D eigenvalue weighted by atomic mass is 16.5. The fraction of sp³-hybridized carbons (Fsp3) is 0.286. The van der Waals surface area contributed by atoms with Crippen molar-refractivity contribution in [2.75, 3.05) is 40.2 Å². The molecule has 0 unspecified atom stereocenters. The average Bonchev–Trinajstić information content (AvgIpc) is 3.08. The van der Waals surface area contributed by atoms with Gasteiger partial charge in [-0.1, -0.05) is 0 Å². The van der Waals surface area contributed by atoms with E-state index in [9.17, 15) is 4.79 Å². The van der Waals surface area contributed by atoms with Crippen molar-refractivity contribution in [3.63, 3.8) is 0 Å². The maximum atomic E-state index is 12.7. The fourth-order valence-corrected chi connectivity index (χ4v) is 2.97. The molecule has 0 saturated carbocycles. The van der Waals surface area contributed by atoms with Crippen LogP contribution in [0.3, 0.4) is 0 Å². The number of methoxy groups -OCH3 is 2. The van der Waals surface area contributed by atoms with Gasteiger partial charge in [0, 0.05) is 35.9 Å². The van der Waals surface area contributed by atoms with Crippen molar-refractivity contribution in [2.45, 2.75) is 6.54 Å². The van der Waals surface area contributed by atoms with Crippen molar-refractivity contribution >= 4 is 22.5 Å². The molecule has 0 aliphatic heterocycles. The van der Waals surface area contributed by atoms with E-state index in [0.29, 0.717) is 17.1 Å². The summed E-state index contributed by atoms with van der Waals surface area (Å²) in [7, 11) is 7.23. The highest BCUT2D eigenvalue weighted by molar-refractivity contribution is 6.07. The van der Waals surface area contributed by atoms with Crippen LogP contribution in [0.1, 0.15) is 10.4 Å². The third kappa shape index (κ3) is 4.23. The molecule has 1 amide bonds. The molecule has 0 saturated heterocycles. The minimum Gasteiger partial charge on any atom is -0.497 e. The van der Waals surface area contributed by atoms with E-state index in [4.69, 9.17) is 9.47 Å². The molecule has 6 nitrogen and oxygen atoms in total. The number of anilines is 1. The minimum absolute atomic E-state index is 0.239. The summed E-state index contributed by atoms with van der Waals surface area (Å²) < 4.78 is 12.7. The van der Waals surface area contributed by atoms with E-state index in [-0.39, 0.29) is 5.91 Å². The fourth-order valence-electron chi connectivity index (χ4n) is 2.97. The number of amides is 1. The molecule has 1 aromatic heterocycles. The molecule has 6 heteroatoms. The summed E-state index contributed by atoms with van der Waals surface area (Å²) in [6.45, 7) is 1.89. The lowest BCUT2D eigenvalue weighted by Crippen LogP contribution is -2.17. The van der Waals surface area contributed by atoms with Crippen LogP contribution in [0.25, 0.3) is 10.9 Å². The quantitative estimate of drug-likeness (QED) is 0.695. The van der Waals surface area contributed by atoms with Gasteiger partial charge in [-0.3, -0.25) is 4.79 Å². The number of nitrogens with one attached hydrogen (secondary N) is 1. The molecule has 0 spiro atoms. The number of carbonyl (C=O) groups excluding carboxylic acids is 1. The van der Waals surface area contributed by atoms with Crippen LogP contribution in [0.5, 0.6) is 11.5 Å². The minimum atomic E-state index is -0.239. The van der Waals surface area contributed by atoms with Crippen molar-refractivity contribution in [1.29, 1.82) is 0 Å². The molecule has 2 aromatic carbocycles. The Morgan fingerprint density at radius 3 is 2.59 bits per heavy atom. The summed E-state index contributed by atoms with van der Waals surface area (Å²) in [5.41, 5.74) is 2.32. The van der Waals surface area contributed by atoms with Crippen molar-refractivity contribution in [1.82, 2.24) is 9.47 Å². The molecule has 142 valence electrons. The molecular formula is C21H25N3O3. The van der Waals surface area contributed by atoms with Crippen LogP contribution < -0.4 is 14.8 Å². The molecule has 1 heterocycles. The molecule has 1 N–H and O–H groups in total. The van der Waals surface area contributed by atoms with Gasteiger partial charge in [0.2, 0.25) is 0 Å². The van der Waals surface area contributed by atoms with Gasteiger partial charge >= 0.3 is 0 Å². The van der Waals surface area contributed by atoms with Gasteiger partial charge in [-0.15, -0.1) is 0 Å². The second-order valence-electron chi connectivity index (χ2n) is 6.61. The first kappa shape index (κ1) is 18.8. The maximum Gasteiger partial charge on any atom is 0.259 e. The Hall–Kier alpha value is -2.99. The standard InChI is InChI=1S/C21H25N3O3/c1-23(2)11-12-24-10-9-15-13-16(5-7-19(15)24)22-21(25)18-14-17(26-3)6-8-20(18)27-4/h5-10,13-14H,11-12H2,1-4H3,(H,22,25). The number of carbonyl (C=O) groups is 1. The predicted octanol–water partition coefficient (Wildman–Crippen LogP) is 3.47. The molecule has 0 bridgehead atoms. The molecular weight excluding hydrogens is 342 g/mol. The Kier molecular flexibility index (Phi) is 5.66. The Labute approximate surface area is 159 Å². The van der Waals surface area contributed by atoms with Gasteiger partial charge in [0.1, 0.15) is 11.5 Å². The zero-order valence-electron chi connectivity index (χ0n) is 16.2. The highest BCUT2D eigenvalue weighted by Crippen LogP contribution is 2.26. The largest absolute Gasteiger partial charge is 0.497 e. The van der Waals surface area contributed by atoms with E-state index in [1.807, 2.05) is 18.2 Å². The van der Waals surface area contributed by atoms with Gasteiger partial charge < -0.3 is 24.3 Å². The van der Waals surface area contributed by atoms with Crippen molar-refractivity contribution in [3.05, 3.63) is 54.2 Å². The average molecular weight is 367 g/mol. The normalized spacial score (nSPS) is 11.0. The van der Waals surface area contributed by atoms with Gasteiger partial charge in [-0.05, 0) is 56.6 Å². The predicted molar refractivity (Wildman–Crippen MR) is 108 cm³/mol. The topological polar surface area (TPSA) is 55.7 Å². The SMILES string of the molecule is COc1ccc(OC)c(C(=O)Nc2ccc3c(ccn3CCN(C)C)c2)c1. The number of hydrogen-bond donors (Lipinski definition) is 1. The van der Waals surface area contributed by atoms with Crippen molar-refractivity contribution < 1.29 is 14.3 Å². The number of fused-ring (bicyclic) bond motifs is 1. The van der Waals surface area contributed by atoms with Crippen LogP contribution in [-0.4, -0.2) is 50.2 Å². The lowest BCUT2D eigenvalue weighted by Gasteiger charge is -2.12. The summed E-state index contributed by atoms with van der Waals surface area (Å²) in [6, 6.07) is 13.1. The number of ether oxygens (including phenoxy) is 2. The second kappa shape index (κ2) is 8.14. The third-order valence-corrected chi connectivity index (χ3v) is 4.47. The Balaban J connectivity index is 1.81. The molecule has 3 rings (SSSR count). The molecule has 27 heavy (non-hydrogen) atoms. The zero-order valence-corrected chi connectivity index (χ0v) is 16.2. The van der Waals surface area contributed by atoms with Gasteiger partial charge in [0.25, 0.3) is 5.91 Å². The summed E-state index contributed by atoms with van der Waals surface area (Å²) in [5, 5.41) is 4.03. The van der Waals surface area contributed by atoms with E-state index >= 15 is 0 Å². The smallest absolute Gasteiger partial charge is 0.259 e. The summed E-state index contributed by atoms with van der Waals surface area (Å²) in [6.07, 6.45) is 2.07. The first-order valence-corrected chi connectivity index (χ1v) is 8.79. The number of hydrogen-bond acceptors (Lipinski definition) is 4. The molecule has 0 atom stereocenters. The third-order valence-electron chi connectivity index (χ3n) is 4.47. The lowest BCUT2D eigenvalue weighted by atomic mass is 10.1. The Morgan fingerprint density at radius 1 is 1.07 bits per heavy atom. The van der Waals surface area contributed by atoms with Gasteiger partial charge in [0.15, 0.2) is 0 Å². The molecule has 0 aliphatic carbocycles. The van der Waals surface area contributed by atoms with Crippen LogP contribution in [0.2, 0.25) is 0 Å². The van der Waals surface area contributed by atoms with Gasteiger partial charge in [-0.25, -0.2) is 0 Å². The van der Waals surface area contributed by atoms with Crippen molar-refractivity contribution in [2.24, 2.45) is 0 Å². The number of rotatable bonds is 7. The van der Waals surface area contributed by atoms with Gasteiger partial charge in [-0.2, -0.15) is 0 Å². The second-order valence-corrected chi connectivity index (χ2v) is 6.61. The summed E-state index contributed by atoms with van der Waals surface area (Å²) in [4.78, 5) is 14.9. The zero-order chi connectivity index (χ0) is 19.4. The lowest BCUT2D eigenvalue weighted by molar-refractivity contribution is 0.102. The van der Waals surface area contributed by atoms with E-state index in [0.717, 1.165) is 29.7 Å². The molecule has 0 aliphatic rings.